The SMILES string of the molecule is COc1cc2c(cc1OC)CC(=O)N(CC(=O)N1CC3CC(C1)c1ccc([NH+]([O-])O)c(=O)n1C3)C=C2. The standard InChI is InChI=1S/C25H28N4O7/c1-35-21-8-16-5-6-26(23(30)10-17(16)9-22(21)36-2)14-24(31)27-11-15-7-18(13-27)19-3-4-20(29(33)34)25(32)28(19)12-15/h3-6,8-9,15,18,29,33H,7,10-14H2,1-2H3. The Kier molecular flexibility index (Phi) is 6.29. The lowest BCUT2D eigenvalue weighted by Gasteiger charge is -2.43. The summed E-state index contributed by atoms with van der Waals surface area (Å²) in [7, 11) is 3.09. The molecule has 4 heterocycles. The largest absolute Gasteiger partial charge is 0.595 e. The molecule has 11 nitrogen and oxygen atoms in total. The molecule has 1 fully saturated rings. The zero-order valence-corrected chi connectivity index (χ0v) is 20.1. The van der Waals surface area contributed by atoms with Crippen LogP contribution in [0.15, 0.2) is 35.3 Å². The molecular formula is C25H28N4O7. The second-order valence-corrected chi connectivity index (χ2v) is 9.41. The lowest BCUT2D eigenvalue weighted by molar-refractivity contribution is -0.992. The van der Waals surface area contributed by atoms with Gasteiger partial charge in [0, 0.05) is 43.5 Å². The van der Waals surface area contributed by atoms with Crippen molar-refractivity contribution in [3.63, 3.8) is 0 Å². The first-order valence-corrected chi connectivity index (χ1v) is 11.8. The summed E-state index contributed by atoms with van der Waals surface area (Å²) in [6.45, 7) is 1.17. The molecule has 11 heteroatoms. The monoisotopic (exact) mass is 496 g/mol. The van der Waals surface area contributed by atoms with Crippen molar-refractivity contribution in [3.05, 3.63) is 62.8 Å². The third-order valence-corrected chi connectivity index (χ3v) is 7.23. The minimum atomic E-state index is -1.24. The van der Waals surface area contributed by atoms with Crippen molar-refractivity contribution in [1.82, 2.24) is 14.4 Å². The Labute approximate surface area is 207 Å². The van der Waals surface area contributed by atoms with Gasteiger partial charge in [-0.3, -0.25) is 14.4 Å². The Morgan fingerprint density at radius 2 is 1.89 bits per heavy atom. The van der Waals surface area contributed by atoms with Gasteiger partial charge in [0.1, 0.15) is 6.54 Å². The van der Waals surface area contributed by atoms with Crippen LogP contribution in [0.1, 0.15) is 29.2 Å². The van der Waals surface area contributed by atoms with Crippen LogP contribution in [0, 0.1) is 11.1 Å². The fourth-order valence-corrected chi connectivity index (χ4v) is 5.46. The van der Waals surface area contributed by atoms with Gasteiger partial charge in [0.05, 0.1) is 20.6 Å². The van der Waals surface area contributed by atoms with Crippen molar-refractivity contribution in [1.29, 1.82) is 0 Å². The van der Waals surface area contributed by atoms with Gasteiger partial charge in [0.15, 0.2) is 11.5 Å². The zero-order chi connectivity index (χ0) is 25.6. The molecule has 2 bridgehead atoms. The van der Waals surface area contributed by atoms with Crippen LogP contribution < -0.4 is 20.3 Å². The third-order valence-electron chi connectivity index (χ3n) is 7.23. The minimum absolute atomic E-state index is 0.0431. The number of hydrogen-bond donors (Lipinski definition) is 2. The fourth-order valence-electron chi connectivity index (χ4n) is 5.46. The summed E-state index contributed by atoms with van der Waals surface area (Å²) in [6.07, 6.45) is 4.38. The predicted octanol–water partition coefficient (Wildman–Crippen LogP) is 0.270. The van der Waals surface area contributed by atoms with Gasteiger partial charge in [-0.1, -0.05) is 0 Å². The van der Waals surface area contributed by atoms with Crippen LogP contribution in [0.4, 0.5) is 5.69 Å². The molecule has 0 saturated carbocycles. The van der Waals surface area contributed by atoms with Gasteiger partial charge in [-0.05, 0) is 47.7 Å². The summed E-state index contributed by atoms with van der Waals surface area (Å²) in [6, 6.07) is 6.62. The van der Waals surface area contributed by atoms with Gasteiger partial charge in [-0.2, -0.15) is 5.23 Å². The van der Waals surface area contributed by atoms with Crippen LogP contribution >= 0.6 is 0 Å². The molecule has 2 aromatic rings. The maximum Gasteiger partial charge on any atom is 0.315 e. The van der Waals surface area contributed by atoms with Gasteiger partial charge in [0.2, 0.25) is 17.5 Å². The fraction of sp³-hybridized carbons (Fsp3) is 0.400. The molecule has 0 spiro atoms. The lowest BCUT2D eigenvalue weighted by Crippen LogP contribution is -3.00. The van der Waals surface area contributed by atoms with Crippen LogP contribution in [-0.4, -0.2) is 65.2 Å². The summed E-state index contributed by atoms with van der Waals surface area (Å²) in [5, 5.41) is 19.4. The molecule has 0 radical (unpaired) electrons. The van der Waals surface area contributed by atoms with Crippen LogP contribution in [0.5, 0.6) is 11.5 Å². The molecule has 3 unspecified atom stereocenters. The van der Waals surface area contributed by atoms with Gasteiger partial charge in [-0.25, -0.2) is 5.21 Å². The molecular weight excluding hydrogens is 468 g/mol. The number of carbonyl (C=O) groups is 2. The van der Waals surface area contributed by atoms with E-state index in [0.717, 1.165) is 23.2 Å². The highest BCUT2D eigenvalue weighted by molar-refractivity contribution is 5.89. The summed E-state index contributed by atoms with van der Waals surface area (Å²) in [5.41, 5.74) is 1.63. The number of likely N-dealkylation sites (tertiary alicyclic amines) is 1. The summed E-state index contributed by atoms with van der Waals surface area (Å²) < 4.78 is 12.3. The number of piperidine rings is 1. The number of methoxy groups -OCH3 is 2. The summed E-state index contributed by atoms with van der Waals surface area (Å²) in [4.78, 5) is 42.1. The highest BCUT2D eigenvalue weighted by atomic mass is 16.8. The number of nitrogens with one attached hydrogen (secondary N) is 1. The Morgan fingerprint density at radius 3 is 2.61 bits per heavy atom. The van der Waals surface area contributed by atoms with Gasteiger partial charge in [0.25, 0.3) is 0 Å². The first-order chi connectivity index (χ1) is 17.3. The molecule has 0 aliphatic carbocycles. The Balaban J connectivity index is 1.31. The predicted molar refractivity (Wildman–Crippen MR) is 128 cm³/mol. The number of ether oxygens (including phenoxy) is 2. The van der Waals surface area contributed by atoms with E-state index in [1.807, 2.05) is 6.07 Å². The normalized spacial score (nSPS) is 21.4. The number of rotatable bonds is 5. The van der Waals surface area contributed by atoms with Gasteiger partial charge >= 0.3 is 5.56 Å². The molecule has 3 aliphatic heterocycles. The third kappa shape index (κ3) is 4.25. The van der Waals surface area contributed by atoms with Crippen LogP contribution in [0.3, 0.4) is 0 Å². The summed E-state index contributed by atoms with van der Waals surface area (Å²) in [5.74, 6) is 0.727. The Hall–Kier alpha value is -3.67. The Bertz CT molecular complexity index is 1300. The molecule has 36 heavy (non-hydrogen) atoms. The second kappa shape index (κ2) is 9.41. The average Bonchev–Trinajstić information content (AvgIpc) is 3.01. The van der Waals surface area contributed by atoms with Crippen molar-refractivity contribution in [2.75, 3.05) is 33.9 Å². The van der Waals surface area contributed by atoms with E-state index in [4.69, 9.17) is 9.47 Å². The first-order valence-electron chi connectivity index (χ1n) is 11.8. The van der Waals surface area contributed by atoms with Crippen molar-refractivity contribution >= 4 is 23.6 Å². The van der Waals surface area contributed by atoms with E-state index >= 15 is 0 Å². The Morgan fingerprint density at radius 1 is 1.14 bits per heavy atom. The number of aromatic nitrogens is 1. The van der Waals surface area contributed by atoms with Crippen LogP contribution in [0.2, 0.25) is 0 Å². The average molecular weight is 497 g/mol. The number of benzene rings is 1. The van der Waals surface area contributed by atoms with E-state index in [0.29, 0.717) is 31.1 Å². The zero-order valence-electron chi connectivity index (χ0n) is 20.1. The summed E-state index contributed by atoms with van der Waals surface area (Å²) >= 11 is 0. The number of hydrogen-bond acceptors (Lipinski definition) is 7. The number of fused-ring (bicyclic) bond motifs is 5. The number of pyridine rings is 1. The molecule has 190 valence electrons. The number of nitrogens with zero attached hydrogens (tertiary/aromatic N) is 3. The van der Waals surface area contributed by atoms with Gasteiger partial charge in [-0.15, -0.1) is 0 Å². The molecule has 1 aromatic carbocycles. The number of quaternary nitrogens is 1. The molecule has 1 saturated heterocycles. The van der Waals surface area contributed by atoms with Crippen molar-refractivity contribution in [3.8, 4) is 11.5 Å². The van der Waals surface area contributed by atoms with E-state index in [-0.39, 0.29) is 42.3 Å². The maximum atomic E-state index is 13.3. The van der Waals surface area contributed by atoms with Gasteiger partial charge < -0.3 is 29.0 Å². The molecule has 2 amide bonds. The molecule has 2 N–H and O–H groups in total. The van der Waals surface area contributed by atoms with E-state index in [1.54, 1.807) is 41.0 Å². The van der Waals surface area contributed by atoms with Crippen LogP contribution in [0.25, 0.3) is 6.08 Å². The number of carbonyl (C=O) groups excluding carboxylic acids is 2. The van der Waals surface area contributed by atoms with Crippen molar-refractivity contribution in [2.45, 2.75) is 25.3 Å². The molecule has 3 aliphatic rings. The maximum absolute atomic E-state index is 13.3. The smallest absolute Gasteiger partial charge is 0.315 e. The first kappa shape index (κ1) is 24.0. The van der Waals surface area contributed by atoms with E-state index in [9.17, 15) is 24.8 Å². The highest BCUT2D eigenvalue weighted by Crippen LogP contribution is 2.36. The van der Waals surface area contributed by atoms with Crippen molar-refractivity contribution in [2.24, 2.45) is 5.92 Å². The molecule has 1 aromatic heterocycles. The molecule has 3 atom stereocenters. The van der Waals surface area contributed by atoms with E-state index in [2.05, 4.69) is 0 Å². The molecule has 5 rings (SSSR count). The van der Waals surface area contributed by atoms with Crippen molar-refractivity contribution < 1.29 is 29.5 Å². The van der Waals surface area contributed by atoms with Crippen LogP contribution in [-0.2, 0) is 22.6 Å². The second-order valence-electron chi connectivity index (χ2n) is 9.41. The van der Waals surface area contributed by atoms with E-state index < -0.39 is 10.8 Å². The highest BCUT2D eigenvalue weighted by Gasteiger charge is 2.37. The number of amides is 2. The minimum Gasteiger partial charge on any atom is -0.595 e. The van der Waals surface area contributed by atoms with E-state index in [1.165, 1.54) is 18.1 Å². The topological polar surface area (TPSA) is 129 Å². The lowest BCUT2D eigenvalue weighted by atomic mass is 9.83. The quantitative estimate of drug-likeness (QED) is 0.569.